The lowest BCUT2D eigenvalue weighted by Gasteiger charge is -2.07. The second kappa shape index (κ2) is 7.93. The molecule has 0 aliphatic carbocycles. The van der Waals surface area contributed by atoms with Gasteiger partial charge in [-0.3, -0.25) is 4.79 Å². The van der Waals surface area contributed by atoms with Gasteiger partial charge < -0.3 is 10.4 Å². The second-order valence-corrected chi connectivity index (χ2v) is 6.47. The van der Waals surface area contributed by atoms with Crippen molar-refractivity contribution in [3.8, 4) is 11.1 Å². The van der Waals surface area contributed by atoms with Crippen molar-refractivity contribution in [3.05, 3.63) is 76.2 Å². The molecule has 0 atom stereocenters. The predicted molar refractivity (Wildman–Crippen MR) is 100 cm³/mol. The molecule has 0 saturated carbocycles. The van der Waals surface area contributed by atoms with E-state index < -0.39 is 5.97 Å². The van der Waals surface area contributed by atoms with E-state index in [4.69, 9.17) is 5.11 Å². The Kier molecular flexibility index (Phi) is 5.43. The molecule has 0 radical (unpaired) electrons. The van der Waals surface area contributed by atoms with Crippen LogP contribution in [-0.2, 0) is 11.2 Å². The molecule has 4 nitrogen and oxygen atoms in total. The third-order valence-electron chi connectivity index (χ3n) is 3.95. The van der Waals surface area contributed by atoms with Gasteiger partial charge in [-0.2, -0.15) is 0 Å². The van der Waals surface area contributed by atoms with E-state index in [1.54, 1.807) is 23.6 Å². The number of carboxylic acids is 1. The number of amides is 1. The Balaban J connectivity index is 1.60. The highest BCUT2D eigenvalue weighted by Gasteiger charge is 2.13. The monoisotopic (exact) mass is 369 g/mol. The van der Waals surface area contributed by atoms with Crippen molar-refractivity contribution >= 4 is 28.9 Å². The zero-order valence-electron chi connectivity index (χ0n) is 13.7. The first kappa shape index (κ1) is 17.8. The largest absolute Gasteiger partial charge is 0.478 e. The number of benzene rings is 2. The zero-order valence-corrected chi connectivity index (χ0v) is 14.6. The molecule has 0 fully saturated rings. The van der Waals surface area contributed by atoms with Crippen LogP contribution >= 0.6 is 11.3 Å². The van der Waals surface area contributed by atoms with Gasteiger partial charge in [0, 0.05) is 22.7 Å². The zero-order chi connectivity index (χ0) is 18.5. The van der Waals surface area contributed by atoms with Gasteiger partial charge in [0.1, 0.15) is 5.82 Å². The van der Waals surface area contributed by atoms with Crippen LogP contribution < -0.4 is 5.32 Å². The topological polar surface area (TPSA) is 66.4 Å². The molecule has 0 unspecified atom stereocenters. The molecule has 3 aromatic rings. The van der Waals surface area contributed by atoms with Crippen LogP contribution in [0.4, 0.5) is 10.1 Å². The number of nitrogens with one attached hydrogen (secondary N) is 1. The minimum absolute atomic E-state index is 0.0950. The molecular weight excluding hydrogens is 353 g/mol. The Morgan fingerprint density at radius 3 is 2.46 bits per heavy atom. The van der Waals surface area contributed by atoms with Gasteiger partial charge in [0.15, 0.2) is 0 Å². The van der Waals surface area contributed by atoms with Gasteiger partial charge in [-0.1, -0.05) is 42.5 Å². The van der Waals surface area contributed by atoms with E-state index in [2.05, 4.69) is 5.32 Å². The summed E-state index contributed by atoms with van der Waals surface area (Å²) in [5, 5.41) is 14.8. The predicted octanol–water partition coefficient (Wildman–Crippen LogP) is 4.82. The molecule has 2 aromatic carbocycles. The molecular formula is C20H16FNO3S. The molecule has 0 spiro atoms. The van der Waals surface area contributed by atoms with Crippen molar-refractivity contribution in [1.29, 1.82) is 0 Å². The number of halogens is 1. The first-order valence-corrected chi connectivity index (χ1v) is 8.92. The lowest BCUT2D eigenvalue weighted by molar-refractivity contribution is -0.116. The van der Waals surface area contributed by atoms with Gasteiger partial charge in [0.25, 0.3) is 0 Å². The van der Waals surface area contributed by atoms with E-state index in [9.17, 15) is 14.0 Å². The highest BCUT2D eigenvalue weighted by Crippen LogP contribution is 2.24. The average Bonchev–Trinajstić information content (AvgIpc) is 3.09. The van der Waals surface area contributed by atoms with Crippen LogP contribution in [0.15, 0.2) is 59.3 Å². The third kappa shape index (κ3) is 4.15. The summed E-state index contributed by atoms with van der Waals surface area (Å²) in [5.74, 6) is -1.58. The van der Waals surface area contributed by atoms with E-state index >= 15 is 0 Å². The van der Waals surface area contributed by atoms with Gasteiger partial charge in [-0.05, 0) is 23.6 Å². The molecule has 0 saturated heterocycles. The maximum atomic E-state index is 13.8. The van der Waals surface area contributed by atoms with Crippen LogP contribution in [0.5, 0.6) is 0 Å². The van der Waals surface area contributed by atoms with Crippen molar-refractivity contribution < 1.29 is 19.1 Å². The Bertz CT molecular complexity index is 934. The summed E-state index contributed by atoms with van der Waals surface area (Å²) in [6.45, 7) is 0. The fourth-order valence-electron chi connectivity index (χ4n) is 2.58. The number of hydrogen-bond acceptors (Lipinski definition) is 3. The van der Waals surface area contributed by atoms with Gasteiger partial charge in [-0.25, -0.2) is 9.18 Å². The molecule has 1 aromatic heterocycles. The highest BCUT2D eigenvalue weighted by atomic mass is 32.1. The minimum atomic E-state index is -1.06. The number of aryl methyl sites for hydroxylation is 1. The molecule has 1 amide bonds. The lowest BCUT2D eigenvalue weighted by Crippen LogP contribution is -2.14. The summed E-state index contributed by atoms with van der Waals surface area (Å²) in [6, 6.07) is 14.0. The van der Waals surface area contributed by atoms with Crippen molar-refractivity contribution in [2.45, 2.75) is 12.8 Å². The van der Waals surface area contributed by atoms with Gasteiger partial charge in [-0.15, -0.1) is 11.3 Å². The van der Waals surface area contributed by atoms with Gasteiger partial charge >= 0.3 is 5.97 Å². The quantitative estimate of drug-likeness (QED) is 0.654. The van der Waals surface area contributed by atoms with E-state index in [0.29, 0.717) is 17.7 Å². The fraction of sp³-hybridized carbons (Fsp3) is 0.100. The SMILES string of the molecule is O=C(CCc1ccc(-c2ccccc2F)cc1)Nc1cscc1C(=O)O. The Labute approximate surface area is 153 Å². The number of carbonyl (C=O) groups is 2. The normalized spacial score (nSPS) is 10.5. The van der Waals surface area contributed by atoms with Crippen LogP contribution in [-0.4, -0.2) is 17.0 Å². The number of carboxylic acid groups (broad SMARTS) is 1. The first-order chi connectivity index (χ1) is 12.5. The first-order valence-electron chi connectivity index (χ1n) is 7.98. The number of aromatic carboxylic acids is 1. The standard InChI is InChI=1S/C20H16FNO3S/c21-17-4-2-1-3-15(17)14-8-5-13(6-9-14)7-10-19(23)22-18-12-26-11-16(18)20(24)25/h1-6,8-9,11-12H,7,10H2,(H,22,23)(H,24,25). The van der Waals surface area contributed by atoms with Crippen molar-refractivity contribution in [3.63, 3.8) is 0 Å². The molecule has 26 heavy (non-hydrogen) atoms. The van der Waals surface area contributed by atoms with Crippen LogP contribution in [0.1, 0.15) is 22.3 Å². The number of carbonyl (C=O) groups excluding carboxylic acids is 1. The van der Waals surface area contributed by atoms with Gasteiger partial charge in [0.2, 0.25) is 5.91 Å². The summed E-state index contributed by atoms with van der Waals surface area (Å²) in [7, 11) is 0. The van der Waals surface area contributed by atoms with Crippen LogP contribution in [0.3, 0.4) is 0 Å². The minimum Gasteiger partial charge on any atom is -0.478 e. The Morgan fingerprint density at radius 2 is 1.77 bits per heavy atom. The Hall–Kier alpha value is -2.99. The summed E-state index contributed by atoms with van der Waals surface area (Å²) in [5.41, 5.74) is 2.68. The summed E-state index contributed by atoms with van der Waals surface area (Å²) in [6.07, 6.45) is 0.740. The lowest BCUT2D eigenvalue weighted by atomic mass is 10.0. The average molecular weight is 369 g/mol. The van der Waals surface area contributed by atoms with Gasteiger partial charge in [0.05, 0.1) is 11.3 Å². The summed E-state index contributed by atoms with van der Waals surface area (Å²) in [4.78, 5) is 23.1. The Morgan fingerprint density at radius 1 is 1.04 bits per heavy atom. The molecule has 2 N–H and O–H groups in total. The molecule has 6 heteroatoms. The van der Waals surface area contributed by atoms with Crippen molar-refractivity contribution in [1.82, 2.24) is 0 Å². The second-order valence-electron chi connectivity index (χ2n) is 5.73. The fourth-order valence-corrected chi connectivity index (χ4v) is 3.33. The number of anilines is 1. The van der Waals surface area contributed by atoms with Crippen molar-refractivity contribution in [2.75, 3.05) is 5.32 Å². The van der Waals surface area contributed by atoms with Crippen LogP contribution in [0, 0.1) is 5.82 Å². The van der Waals surface area contributed by atoms with E-state index in [0.717, 1.165) is 11.1 Å². The maximum Gasteiger partial charge on any atom is 0.338 e. The molecule has 0 aliphatic heterocycles. The molecule has 3 rings (SSSR count). The smallest absolute Gasteiger partial charge is 0.338 e. The molecule has 0 bridgehead atoms. The molecule has 132 valence electrons. The highest BCUT2D eigenvalue weighted by molar-refractivity contribution is 7.08. The van der Waals surface area contributed by atoms with E-state index in [1.165, 1.54) is 22.8 Å². The number of hydrogen-bond donors (Lipinski definition) is 2. The summed E-state index contributed by atoms with van der Waals surface area (Å²) >= 11 is 1.23. The summed E-state index contributed by atoms with van der Waals surface area (Å²) < 4.78 is 13.8. The van der Waals surface area contributed by atoms with Crippen molar-refractivity contribution in [2.24, 2.45) is 0 Å². The number of rotatable bonds is 6. The maximum absolute atomic E-state index is 13.8. The number of thiophene rings is 1. The van der Waals surface area contributed by atoms with Crippen LogP contribution in [0.25, 0.3) is 11.1 Å². The molecule has 0 aliphatic rings. The van der Waals surface area contributed by atoms with E-state index in [-0.39, 0.29) is 23.7 Å². The van der Waals surface area contributed by atoms with E-state index in [1.807, 2.05) is 24.3 Å². The third-order valence-corrected chi connectivity index (χ3v) is 4.69. The molecule has 1 heterocycles. The van der Waals surface area contributed by atoms with Crippen LogP contribution in [0.2, 0.25) is 0 Å².